The van der Waals surface area contributed by atoms with Crippen molar-refractivity contribution in [3.63, 3.8) is 0 Å². The first-order chi connectivity index (χ1) is 21.3. The summed E-state index contributed by atoms with van der Waals surface area (Å²) in [5.41, 5.74) is 2.25. The lowest BCUT2D eigenvalue weighted by atomic mass is 9.97. The number of amides is 1. The Balaban J connectivity index is 1.45. The summed E-state index contributed by atoms with van der Waals surface area (Å²) in [6.45, 7) is 13.1. The van der Waals surface area contributed by atoms with Gasteiger partial charge in [0.25, 0.3) is 0 Å². The number of likely N-dealkylation sites (N-methyl/N-ethyl adjacent to an activating group) is 1. The van der Waals surface area contributed by atoms with E-state index in [1.54, 1.807) is 4.90 Å². The molecule has 2 aliphatic heterocycles. The summed E-state index contributed by atoms with van der Waals surface area (Å²) in [5, 5.41) is 3.71. The number of aromatic nitrogens is 2. The van der Waals surface area contributed by atoms with Crippen molar-refractivity contribution in [3.05, 3.63) is 82.6 Å². The van der Waals surface area contributed by atoms with Crippen LogP contribution in [0.4, 0.5) is 10.2 Å². The number of ether oxygens (including phenoxy) is 1. The Morgan fingerprint density at radius 1 is 1.11 bits per heavy atom. The lowest BCUT2D eigenvalue weighted by molar-refractivity contribution is -0.128. The lowest BCUT2D eigenvalue weighted by Crippen LogP contribution is -2.56. The highest BCUT2D eigenvalue weighted by Crippen LogP contribution is 2.40. The summed E-state index contributed by atoms with van der Waals surface area (Å²) in [6.07, 6.45) is 0.769. The van der Waals surface area contributed by atoms with Gasteiger partial charge in [-0.2, -0.15) is 9.97 Å². The molecule has 6 rings (SSSR count). The molecule has 2 saturated heterocycles. The highest BCUT2D eigenvalue weighted by Gasteiger charge is 2.34. The minimum absolute atomic E-state index is 0.0946. The van der Waals surface area contributed by atoms with Gasteiger partial charge < -0.3 is 19.4 Å². The highest BCUT2D eigenvalue weighted by atomic mass is 35.5. The Morgan fingerprint density at radius 2 is 1.91 bits per heavy atom. The summed E-state index contributed by atoms with van der Waals surface area (Å²) in [7, 11) is 1.88. The second-order valence-electron chi connectivity index (χ2n) is 11.2. The first kappa shape index (κ1) is 30.1. The maximum absolute atomic E-state index is 14.0. The minimum atomic E-state index is -0.896. The van der Waals surface area contributed by atoms with Gasteiger partial charge >= 0.3 is 6.01 Å². The van der Waals surface area contributed by atoms with Crippen LogP contribution in [0.1, 0.15) is 6.42 Å². The van der Waals surface area contributed by atoms with Crippen LogP contribution in [0, 0.1) is 6.57 Å². The van der Waals surface area contributed by atoms with Crippen molar-refractivity contribution >= 4 is 56.6 Å². The van der Waals surface area contributed by atoms with Crippen LogP contribution < -0.4 is 9.64 Å². The molecular formula is C33H31Cl2FN6O2. The summed E-state index contributed by atoms with van der Waals surface area (Å²) in [4.78, 5) is 31.4. The van der Waals surface area contributed by atoms with Crippen molar-refractivity contribution in [3.8, 4) is 17.1 Å². The van der Waals surface area contributed by atoms with E-state index in [9.17, 15) is 9.18 Å². The fourth-order valence-corrected chi connectivity index (χ4v) is 6.79. The monoisotopic (exact) mass is 632 g/mol. The average molecular weight is 634 g/mol. The number of carbonyl (C=O) groups excluding carboxylic acids is 1. The third-order valence-electron chi connectivity index (χ3n) is 8.47. The zero-order valence-electron chi connectivity index (χ0n) is 24.2. The van der Waals surface area contributed by atoms with Crippen LogP contribution in [0.2, 0.25) is 10.0 Å². The molecule has 0 radical (unpaired) electrons. The van der Waals surface area contributed by atoms with E-state index in [0.29, 0.717) is 59.4 Å². The van der Waals surface area contributed by atoms with Crippen molar-refractivity contribution < 1.29 is 13.9 Å². The maximum Gasteiger partial charge on any atom is 0.319 e. The fourth-order valence-electron chi connectivity index (χ4n) is 6.24. The summed E-state index contributed by atoms with van der Waals surface area (Å²) >= 11 is 13.6. The predicted octanol–water partition coefficient (Wildman–Crippen LogP) is 6.30. The van der Waals surface area contributed by atoms with E-state index in [1.807, 2.05) is 65.4 Å². The van der Waals surface area contributed by atoms with Gasteiger partial charge in [-0.1, -0.05) is 60.1 Å². The molecule has 11 heteroatoms. The number of anilines is 1. The Bertz CT molecular complexity index is 1790. The molecule has 0 spiro atoms. The van der Waals surface area contributed by atoms with E-state index < -0.39 is 6.17 Å². The number of hydrogen-bond donors (Lipinski definition) is 0. The third-order valence-corrected chi connectivity index (χ3v) is 9.10. The standard InChI is InChI=1S/C33H31Cl2FN6O2/c1-4-30(43)42-12-11-41(18-23(42)16-37-2)32-26-14-28(35)25(24-9-5-7-20-8-6-10-27(34)31(20)24)15-29(26)38-33(39-32)44-19-22-13-21(36)17-40(22)3/h4-10,14-15,21-23H,1,11-13,16-19H2,3H3/t21-,22+,23+/m1/s1. The van der Waals surface area contributed by atoms with Gasteiger partial charge in [0, 0.05) is 58.6 Å². The Hall–Kier alpha value is -3.97. The highest BCUT2D eigenvalue weighted by molar-refractivity contribution is 6.38. The van der Waals surface area contributed by atoms with Crippen LogP contribution in [0.25, 0.3) is 37.6 Å². The summed E-state index contributed by atoms with van der Waals surface area (Å²) < 4.78 is 20.2. The number of alkyl halides is 1. The second kappa shape index (κ2) is 12.6. The Morgan fingerprint density at radius 3 is 2.64 bits per heavy atom. The number of halogens is 3. The molecule has 226 valence electrons. The van der Waals surface area contributed by atoms with Gasteiger partial charge in [0.05, 0.1) is 5.52 Å². The first-order valence-corrected chi connectivity index (χ1v) is 15.2. The third kappa shape index (κ3) is 5.77. The van der Waals surface area contributed by atoms with Crippen LogP contribution in [0.5, 0.6) is 6.01 Å². The summed E-state index contributed by atoms with van der Waals surface area (Å²) in [6, 6.07) is 15.2. The van der Waals surface area contributed by atoms with E-state index in [4.69, 9.17) is 44.5 Å². The molecular weight excluding hydrogens is 602 g/mol. The fraction of sp³-hybridized carbons (Fsp3) is 0.333. The number of piperazine rings is 1. The van der Waals surface area contributed by atoms with Gasteiger partial charge in [-0.3, -0.25) is 9.69 Å². The molecule has 0 bridgehead atoms. The second-order valence-corrected chi connectivity index (χ2v) is 12.1. The quantitative estimate of drug-likeness (QED) is 0.176. The SMILES string of the molecule is [C-]#[N+]C[C@H]1CN(c2nc(OC[C@@H]3C[C@@H](F)CN3C)nc3cc(-c4cccc5cccc(Cl)c45)c(Cl)cc23)CCN1C(=O)C=C. The van der Waals surface area contributed by atoms with Crippen molar-refractivity contribution in [1.29, 1.82) is 0 Å². The summed E-state index contributed by atoms with van der Waals surface area (Å²) in [5.74, 6) is 0.390. The molecule has 1 amide bonds. The number of carbonyl (C=O) groups is 1. The maximum atomic E-state index is 14.0. The zero-order valence-corrected chi connectivity index (χ0v) is 25.7. The van der Waals surface area contributed by atoms with E-state index in [2.05, 4.69) is 11.4 Å². The van der Waals surface area contributed by atoms with Crippen LogP contribution >= 0.6 is 23.2 Å². The molecule has 1 aromatic heterocycles. The number of likely N-dealkylation sites (tertiary alicyclic amines) is 1. The van der Waals surface area contributed by atoms with Gasteiger partial charge in [-0.05, 0) is 48.7 Å². The van der Waals surface area contributed by atoms with Crippen molar-refractivity contribution in [1.82, 2.24) is 19.8 Å². The van der Waals surface area contributed by atoms with Gasteiger partial charge in [-0.25, -0.2) is 11.0 Å². The molecule has 3 aromatic carbocycles. The first-order valence-electron chi connectivity index (χ1n) is 14.4. The van der Waals surface area contributed by atoms with E-state index in [1.165, 1.54) is 6.08 Å². The molecule has 44 heavy (non-hydrogen) atoms. The van der Waals surface area contributed by atoms with E-state index in [-0.39, 0.29) is 37.2 Å². The van der Waals surface area contributed by atoms with Gasteiger partial charge in [-0.15, -0.1) is 0 Å². The van der Waals surface area contributed by atoms with Crippen molar-refractivity contribution in [2.75, 3.05) is 51.3 Å². The Kier molecular flexibility index (Phi) is 8.59. The topological polar surface area (TPSA) is 66.2 Å². The van der Waals surface area contributed by atoms with Crippen LogP contribution in [-0.4, -0.2) is 90.3 Å². The van der Waals surface area contributed by atoms with Crippen LogP contribution in [-0.2, 0) is 4.79 Å². The lowest BCUT2D eigenvalue weighted by Gasteiger charge is -2.39. The number of benzene rings is 3. The average Bonchev–Trinajstić information content (AvgIpc) is 3.35. The molecule has 3 atom stereocenters. The Labute approximate surface area is 265 Å². The smallest absolute Gasteiger partial charge is 0.319 e. The molecule has 4 aromatic rings. The molecule has 0 aliphatic carbocycles. The van der Waals surface area contributed by atoms with Crippen molar-refractivity contribution in [2.45, 2.75) is 24.7 Å². The molecule has 8 nitrogen and oxygen atoms in total. The number of hydrogen-bond acceptors (Lipinski definition) is 6. The predicted molar refractivity (Wildman–Crippen MR) is 173 cm³/mol. The van der Waals surface area contributed by atoms with Crippen LogP contribution in [0.3, 0.4) is 0 Å². The normalized spacial score (nSPS) is 20.7. The zero-order chi connectivity index (χ0) is 31.0. The molecule has 0 saturated carbocycles. The van der Waals surface area contributed by atoms with E-state index in [0.717, 1.165) is 21.9 Å². The van der Waals surface area contributed by atoms with Crippen molar-refractivity contribution in [2.24, 2.45) is 0 Å². The van der Waals surface area contributed by atoms with Gasteiger partial charge in [0.2, 0.25) is 12.5 Å². The molecule has 0 unspecified atom stereocenters. The van der Waals surface area contributed by atoms with Crippen LogP contribution in [0.15, 0.2) is 61.2 Å². The largest absolute Gasteiger partial charge is 0.462 e. The van der Waals surface area contributed by atoms with Gasteiger partial charge in [0.15, 0.2) is 0 Å². The van der Waals surface area contributed by atoms with E-state index >= 15 is 0 Å². The minimum Gasteiger partial charge on any atom is -0.462 e. The number of fused-ring (bicyclic) bond motifs is 2. The van der Waals surface area contributed by atoms with Gasteiger partial charge in [0.1, 0.15) is 24.6 Å². The molecule has 2 aliphatic rings. The molecule has 0 N–H and O–H groups in total. The molecule has 3 heterocycles. The number of nitrogens with zero attached hydrogens (tertiary/aromatic N) is 6. The number of rotatable bonds is 7. The molecule has 2 fully saturated rings.